The van der Waals surface area contributed by atoms with Gasteiger partial charge in [-0.2, -0.15) is 0 Å². The molecule has 0 aliphatic heterocycles. The fourth-order valence-corrected chi connectivity index (χ4v) is 4.32. The summed E-state index contributed by atoms with van der Waals surface area (Å²) in [6.45, 7) is 4.04. The highest BCUT2D eigenvalue weighted by Gasteiger charge is 2.34. The van der Waals surface area contributed by atoms with E-state index >= 15 is 0 Å². The number of rotatable bonds is 8. The van der Waals surface area contributed by atoms with Crippen molar-refractivity contribution < 1.29 is 9.53 Å². The van der Waals surface area contributed by atoms with Crippen LogP contribution in [-0.2, 0) is 25.4 Å². The summed E-state index contributed by atoms with van der Waals surface area (Å²) >= 11 is 6.00. The molecule has 2 aromatic heterocycles. The summed E-state index contributed by atoms with van der Waals surface area (Å²) in [6.07, 6.45) is 1.57. The van der Waals surface area contributed by atoms with Gasteiger partial charge in [-0.1, -0.05) is 41.9 Å². The third-order valence-corrected chi connectivity index (χ3v) is 6.38. The lowest BCUT2D eigenvalue weighted by atomic mass is 9.91. The molecule has 4 rings (SSSR count). The molecule has 36 heavy (non-hydrogen) atoms. The Morgan fingerprint density at radius 2 is 1.72 bits per heavy atom. The number of fused-ring (bicyclic) bond motifs is 1. The Hall–Kier alpha value is -3.85. The maximum atomic E-state index is 13.1. The summed E-state index contributed by atoms with van der Waals surface area (Å²) in [7, 11) is 2.97. The number of hydrogen-bond acceptors (Lipinski definition) is 5. The zero-order valence-corrected chi connectivity index (χ0v) is 21.3. The molecule has 0 saturated carbocycles. The number of benzene rings is 2. The molecular formula is C26H28ClN5O4. The van der Waals surface area contributed by atoms with Crippen LogP contribution in [0.2, 0.25) is 5.02 Å². The predicted molar refractivity (Wildman–Crippen MR) is 138 cm³/mol. The van der Waals surface area contributed by atoms with E-state index in [1.165, 1.54) is 17.9 Å². The third kappa shape index (κ3) is 5.06. The van der Waals surface area contributed by atoms with Crippen molar-refractivity contribution in [2.24, 2.45) is 14.1 Å². The van der Waals surface area contributed by atoms with Crippen LogP contribution in [0.1, 0.15) is 31.9 Å². The molecule has 2 aromatic carbocycles. The van der Waals surface area contributed by atoms with Gasteiger partial charge in [0.2, 0.25) is 5.91 Å². The van der Waals surface area contributed by atoms with Crippen LogP contribution in [0.3, 0.4) is 0 Å². The Labute approximate surface area is 212 Å². The molecule has 0 spiro atoms. The maximum Gasteiger partial charge on any atom is 0.332 e. The van der Waals surface area contributed by atoms with Gasteiger partial charge in [0.05, 0.1) is 12.4 Å². The Balaban J connectivity index is 1.55. The smallest absolute Gasteiger partial charge is 0.332 e. The first-order valence-electron chi connectivity index (χ1n) is 11.5. The maximum absolute atomic E-state index is 13.1. The lowest BCUT2D eigenvalue weighted by Gasteiger charge is -2.36. The molecule has 1 unspecified atom stereocenters. The number of carbonyl (C=O) groups is 1. The van der Waals surface area contributed by atoms with Gasteiger partial charge in [0.25, 0.3) is 5.56 Å². The molecule has 2 heterocycles. The fraction of sp³-hybridized carbons (Fsp3) is 0.308. The van der Waals surface area contributed by atoms with Gasteiger partial charge in [-0.3, -0.25) is 18.7 Å². The van der Waals surface area contributed by atoms with Gasteiger partial charge in [-0.05, 0) is 43.7 Å². The Bertz CT molecular complexity index is 1500. The van der Waals surface area contributed by atoms with Crippen LogP contribution in [-0.4, -0.2) is 30.2 Å². The first kappa shape index (κ1) is 25.2. The minimum atomic E-state index is -0.805. The number of ether oxygens (including phenoxy) is 1. The molecule has 0 aliphatic carbocycles. The second-order valence-corrected chi connectivity index (χ2v) is 9.57. The molecular weight excluding hydrogens is 482 g/mol. The Morgan fingerprint density at radius 1 is 1.06 bits per heavy atom. The zero-order chi connectivity index (χ0) is 26.0. The predicted octanol–water partition coefficient (Wildman–Crippen LogP) is 3.19. The number of halogens is 1. The van der Waals surface area contributed by atoms with Crippen molar-refractivity contribution in [1.82, 2.24) is 24.0 Å². The number of aryl methyl sites for hydroxylation is 2. The lowest BCUT2D eigenvalue weighted by molar-refractivity contribution is -0.123. The molecule has 10 heteroatoms. The van der Waals surface area contributed by atoms with E-state index in [4.69, 9.17) is 16.3 Å². The van der Waals surface area contributed by atoms with Gasteiger partial charge < -0.3 is 14.6 Å². The summed E-state index contributed by atoms with van der Waals surface area (Å²) in [5.74, 6) is 0.408. The van der Waals surface area contributed by atoms with Crippen LogP contribution in [0, 0.1) is 0 Å². The third-order valence-electron chi connectivity index (χ3n) is 6.12. The van der Waals surface area contributed by atoms with Crippen molar-refractivity contribution in [3.05, 3.63) is 92.3 Å². The molecule has 0 fully saturated rings. The van der Waals surface area contributed by atoms with Crippen LogP contribution in [0.4, 0.5) is 0 Å². The molecule has 0 aliphatic rings. The van der Waals surface area contributed by atoms with E-state index in [0.717, 1.165) is 10.1 Å². The second-order valence-electron chi connectivity index (χ2n) is 9.14. The number of hydrogen-bond donors (Lipinski definition) is 1. The first-order valence-corrected chi connectivity index (χ1v) is 11.9. The average Bonchev–Trinajstić information content (AvgIpc) is 3.29. The van der Waals surface area contributed by atoms with Crippen molar-refractivity contribution in [3.63, 3.8) is 0 Å². The second kappa shape index (κ2) is 10.0. The SMILES string of the molecule is Cn1c(=O)c2c(ncn2CCC(=O)NC(c2ccccc2)C(C)(C)Oc2ccc(Cl)cc2)n(C)c1=O. The van der Waals surface area contributed by atoms with Crippen LogP contribution >= 0.6 is 11.6 Å². The standard InChI is InChI=1S/C26H28ClN5O4/c1-26(2,36-19-12-10-18(27)11-13-19)22(17-8-6-5-7-9-17)29-20(33)14-15-32-16-28-23-21(32)24(34)31(4)25(35)30(23)3/h5-13,16,22H,14-15H2,1-4H3,(H,29,33). The van der Waals surface area contributed by atoms with Gasteiger partial charge in [-0.25, -0.2) is 9.78 Å². The molecule has 1 N–H and O–H groups in total. The molecule has 0 bridgehead atoms. The van der Waals surface area contributed by atoms with Crippen molar-refractivity contribution in [1.29, 1.82) is 0 Å². The molecule has 1 atom stereocenters. The minimum absolute atomic E-state index is 0.0951. The van der Waals surface area contributed by atoms with Crippen LogP contribution < -0.4 is 21.3 Å². The number of aromatic nitrogens is 4. The Kier molecular flexibility index (Phi) is 7.03. The highest BCUT2D eigenvalue weighted by atomic mass is 35.5. The summed E-state index contributed by atoms with van der Waals surface area (Å²) in [4.78, 5) is 42.2. The quantitative estimate of drug-likeness (QED) is 0.393. The van der Waals surface area contributed by atoms with Crippen LogP contribution in [0.15, 0.2) is 70.5 Å². The first-order chi connectivity index (χ1) is 17.1. The van der Waals surface area contributed by atoms with Crippen molar-refractivity contribution >= 4 is 28.7 Å². The zero-order valence-electron chi connectivity index (χ0n) is 20.6. The average molecular weight is 510 g/mol. The molecule has 4 aromatic rings. The van der Waals surface area contributed by atoms with Gasteiger partial charge in [0.15, 0.2) is 11.2 Å². The topological polar surface area (TPSA) is 100 Å². The fourth-order valence-electron chi connectivity index (χ4n) is 4.19. The number of carbonyl (C=O) groups excluding carboxylic acids is 1. The summed E-state index contributed by atoms with van der Waals surface area (Å²) in [6, 6.07) is 16.2. The van der Waals surface area contributed by atoms with E-state index in [2.05, 4.69) is 10.3 Å². The number of nitrogens with one attached hydrogen (secondary N) is 1. The van der Waals surface area contributed by atoms with E-state index in [9.17, 15) is 14.4 Å². The molecule has 188 valence electrons. The van der Waals surface area contributed by atoms with Gasteiger partial charge in [0, 0.05) is 32.1 Å². The van der Waals surface area contributed by atoms with Crippen LogP contribution in [0.25, 0.3) is 11.2 Å². The molecule has 0 radical (unpaired) electrons. The summed E-state index contributed by atoms with van der Waals surface area (Å²) < 4.78 is 10.2. The van der Waals surface area contributed by atoms with Gasteiger partial charge in [-0.15, -0.1) is 0 Å². The molecule has 1 amide bonds. The van der Waals surface area contributed by atoms with E-state index in [0.29, 0.717) is 10.8 Å². The van der Waals surface area contributed by atoms with E-state index < -0.39 is 22.9 Å². The normalized spacial score (nSPS) is 12.5. The van der Waals surface area contributed by atoms with Crippen molar-refractivity contribution in [3.8, 4) is 5.75 Å². The van der Waals surface area contributed by atoms with E-state index in [1.54, 1.807) is 35.9 Å². The molecule has 9 nitrogen and oxygen atoms in total. The van der Waals surface area contributed by atoms with Gasteiger partial charge in [0.1, 0.15) is 11.4 Å². The minimum Gasteiger partial charge on any atom is -0.485 e. The van der Waals surface area contributed by atoms with E-state index in [-0.39, 0.29) is 30.0 Å². The highest BCUT2D eigenvalue weighted by Crippen LogP contribution is 2.31. The molecule has 0 saturated heterocycles. The highest BCUT2D eigenvalue weighted by molar-refractivity contribution is 6.30. The number of imidazole rings is 1. The number of amides is 1. The monoisotopic (exact) mass is 509 g/mol. The van der Waals surface area contributed by atoms with Crippen molar-refractivity contribution in [2.45, 2.75) is 38.5 Å². The van der Waals surface area contributed by atoms with Crippen LogP contribution in [0.5, 0.6) is 5.75 Å². The summed E-state index contributed by atoms with van der Waals surface area (Å²) in [5.41, 5.74) is -0.265. The van der Waals surface area contributed by atoms with Gasteiger partial charge >= 0.3 is 5.69 Å². The number of nitrogens with zero attached hydrogens (tertiary/aromatic N) is 4. The summed E-state index contributed by atoms with van der Waals surface area (Å²) in [5, 5.41) is 3.71. The van der Waals surface area contributed by atoms with Crippen molar-refractivity contribution in [2.75, 3.05) is 0 Å². The lowest BCUT2D eigenvalue weighted by Crippen LogP contribution is -2.46. The largest absolute Gasteiger partial charge is 0.485 e. The van der Waals surface area contributed by atoms with E-state index in [1.807, 2.05) is 44.2 Å². The Morgan fingerprint density at radius 3 is 2.39 bits per heavy atom.